The molecular weight excluding hydrogens is 234 g/mol. The number of aromatic nitrogens is 4. The first-order chi connectivity index (χ1) is 8.42. The fourth-order valence-electron chi connectivity index (χ4n) is 1.45. The Bertz CT molecular complexity index is 623. The van der Waals surface area contributed by atoms with E-state index in [1.165, 1.54) is 0 Å². The minimum Gasteiger partial charge on any atom is -0.348 e. The second kappa shape index (κ2) is 4.42. The SMILES string of the molecule is c1ccc2nc(NCc3cncs3)nnc2c1. The summed E-state index contributed by atoms with van der Waals surface area (Å²) in [6.07, 6.45) is 1.83. The van der Waals surface area contributed by atoms with Crippen LogP contribution in [0.15, 0.2) is 36.0 Å². The number of fused-ring (bicyclic) bond motifs is 1. The predicted molar refractivity (Wildman–Crippen MR) is 66.8 cm³/mol. The number of nitrogens with one attached hydrogen (secondary N) is 1. The molecule has 0 unspecified atom stereocenters. The van der Waals surface area contributed by atoms with Crippen molar-refractivity contribution in [1.29, 1.82) is 0 Å². The molecule has 0 spiro atoms. The van der Waals surface area contributed by atoms with Crippen LogP contribution in [0.1, 0.15) is 4.88 Å². The van der Waals surface area contributed by atoms with Gasteiger partial charge in [-0.25, -0.2) is 4.98 Å². The van der Waals surface area contributed by atoms with Gasteiger partial charge in [0, 0.05) is 11.1 Å². The zero-order valence-electron chi connectivity index (χ0n) is 8.87. The lowest BCUT2D eigenvalue weighted by atomic mass is 10.3. The van der Waals surface area contributed by atoms with Crippen molar-refractivity contribution in [3.8, 4) is 0 Å². The predicted octanol–water partition coefficient (Wildman–Crippen LogP) is 2.09. The van der Waals surface area contributed by atoms with Gasteiger partial charge in [0.05, 0.1) is 17.6 Å². The van der Waals surface area contributed by atoms with Crippen LogP contribution in [-0.2, 0) is 6.54 Å². The lowest BCUT2D eigenvalue weighted by Gasteiger charge is -2.02. The molecule has 1 N–H and O–H groups in total. The molecule has 0 radical (unpaired) electrons. The number of hydrogen-bond donors (Lipinski definition) is 1. The van der Waals surface area contributed by atoms with E-state index < -0.39 is 0 Å². The number of benzene rings is 1. The summed E-state index contributed by atoms with van der Waals surface area (Å²) in [5.41, 5.74) is 3.45. The van der Waals surface area contributed by atoms with Crippen molar-refractivity contribution in [2.75, 3.05) is 5.32 Å². The molecule has 3 aromatic rings. The van der Waals surface area contributed by atoms with E-state index in [4.69, 9.17) is 0 Å². The monoisotopic (exact) mass is 243 g/mol. The Kier molecular flexibility index (Phi) is 2.63. The molecule has 0 atom stereocenters. The van der Waals surface area contributed by atoms with E-state index in [1.807, 2.05) is 30.5 Å². The maximum absolute atomic E-state index is 4.37. The number of rotatable bonds is 3. The average molecular weight is 243 g/mol. The summed E-state index contributed by atoms with van der Waals surface area (Å²) in [4.78, 5) is 9.52. The highest BCUT2D eigenvalue weighted by atomic mass is 32.1. The Morgan fingerprint density at radius 1 is 1.12 bits per heavy atom. The van der Waals surface area contributed by atoms with Crippen molar-refractivity contribution in [1.82, 2.24) is 20.2 Å². The van der Waals surface area contributed by atoms with Gasteiger partial charge in [-0.15, -0.1) is 21.5 Å². The third-order valence-corrected chi connectivity index (χ3v) is 3.04. The molecule has 0 fully saturated rings. The fourth-order valence-corrected chi connectivity index (χ4v) is 1.99. The largest absolute Gasteiger partial charge is 0.348 e. The fraction of sp³-hybridized carbons (Fsp3) is 0.0909. The van der Waals surface area contributed by atoms with Crippen molar-refractivity contribution in [2.24, 2.45) is 0 Å². The van der Waals surface area contributed by atoms with Crippen LogP contribution in [0.25, 0.3) is 11.0 Å². The molecule has 2 aromatic heterocycles. The van der Waals surface area contributed by atoms with Crippen LogP contribution in [-0.4, -0.2) is 20.2 Å². The van der Waals surface area contributed by atoms with E-state index >= 15 is 0 Å². The van der Waals surface area contributed by atoms with Gasteiger partial charge in [-0.1, -0.05) is 12.1 Å². The van der Waals surface area contributed by atoms with Crippen LogP contribution in [0.5, 0.6) is 0 Å². The highest BCUT2D eigenvalue weighted by molar-refractivity contribution is 7.09. The van der Waals surface area contributed by atoms with Gasteiger partial charge in [0.1, 0.15) is 5.52 Å². The molecule has 5 nitrogen and oxygen atoms in total. The first-order valence-corrected chi connectivity index (χ1v) is 6.00. The molecule has 0 bridgehead atoms. The minimum atomic E-state index is 0.539. The highest BCUT2D eigenvalue weighted by Gasteiger charge is 2.01. The topological polar surface area (TPSA) is 63.6 Å². The third kappa shape index (κ3) is 2.21. The van der Waals surface area contributed by atoms with Gasteiger partial charge >= 0.3 is 0 Å². The number of para-hydroxylation sites is 1. The van der Waals surface area contributed by atoms with Crippen molar-refractivity contribution in [3.63, 3.8) is 0 Å². The van der Waals surface area contributed by atoms with Gasteiger partial charge < -0.3 is 5.32 Å². The maximum atomic E-state index is 4.37. The molecular formula is C11H9N5S. The zero-order valence-corrected chi connectivity index (χ0v) is 9.68. The van der Waals surface area contributed by atoms with E-state index in [0.717, 1.165) is 15.9 Å². The van der Waals surface area contributed by atoms with Gasteiger partial charge in [0.15, 0.2) is 0 Å². The summed E-state index contributed by atoms with van der Waals surface area (Å²) in [5.74, 6) is 0.539. The molecule has 0 aliphatic carbocycles. The maximum Gasteiger partial charge on any atom is 0.243 e. The van der Waals surface area contributed by atoms with E-state index in [2.05, 4.69) is 25.5 Å². The van der Waals surface area contributed by atoms with E-state index in [-0.39, 0.29) is 0 Å². The standard InChI is InChI=1S/C11H9N5S/c1-2-4-10-9(3-1)14-11(16-15-10)13-6-8-5-12-7-17-8/h1-5,7H,6H2,(H,13,14,16). The lowest BCUT2D eigenvalue weighted by Crippen LogP contribution is -2.03. The molecule has 3 rings (SSSR count). The molecule has 84 valence electrons. The van der Waals surface area contributed by atoms with E-state index in [1.54, 1.807) is 16.8 Å². The Morgan fingerprint density at radius 3 is 2.82 bits per heavy atom. The molecule has 0 aliphatic heterocycles. The number of thiazole rings is 1. The number of anilines is 1. The van der Waals surface area contributed by atoms with Gasteiger partial charge in [0.25, 0.3) is 0 Å². The summed E-state index contributed by atoms with van der Waals surface area (Å²) in [5, 5.41) is 11.2. The Hall–Kier alpha value is -2.08. The van der Waals surface area contributed by atoms with Crippen LogP contribution in [0.4, 0.5) is 5.95 Å². The molecule has 0 aliphatic rings. The zero-order chi connectivity index (χ0) is 11.5. The first-order valence-electron chi connectivity index (χ1n) is 5.12. The first kappa shape index (κ1) is 10.1. The second-order valence-electron chi connectivity index (χ2n) is 3.45. The molecule has 1 aromatic carbocycles. The normalized spacial score (nSPS) is 10.6. The lowest BCUT2D eigenvalue weighted by molar-refractivity contribution is 0.989. The van der Waals surface area contributed by atoms with Crippen molar-refractivity contribution < 1.29 is 0 Å². The van der Waals surface area contributed by atoms with Crippen LogP contribution >= 0.6 is 11.3 Å². The molecule has 6 heteroatoms. The van der Waals surface area contributed by atoms with Crippen molar-refractivity contribution in [2.45, 2.75) is 6.54 Å². The number of nitrogens with zero attached hydrogens (tertiary/aromatic N) is 4. The quantitative estimate of drug-likeness (QED) is 0.763. The highest BCUT2D eigenvalue weighted by Crippen LogP contribution is 2.11. The third-order valence-electron chi connectivity index (χ3n) is 2.26. The van der Waals surface area contributed by atoms with Crippen LogP contribution in [0.2, 0.25) is 0 Å². The molecule has 17 heavy (non-hydrogen) atoms. The molecule has 0 saturated carbocycles. The molecule has 0 saturated heterocycles. The van der Waals surface area contributed by atoms with Gasteiger partial charge in [-0.05, 0) is 12.1 Å². The van der Waals surface area contributed by atoms with Gasteiger partial charge in [0.2, 0.25) is 5.95 Å². The number of hydrogen-bond acceptors (Lipinski definition) is 6. The van der Waals surface area contributed by atoms with Crippen LogP contribution in [0, 0.1) is 0 Å². The van der Waals surface area contributed by atoms with Gasteiger partial charge in [-0.2, -0.15) is 0 Å². The summed E-state index contributed by atoms with van der Waals surface area (Å²) < 4.78 is 0. The Balaban J connectivity index is 1.81. The summed E-state index contributed by atoms with van der Waals surface area (Å²) in [7, 11) is 0. The van der Waals surface area contributed by atoms with Crippen molar-refractivity contribution in [3.05, 3.63) is 40.8 Å². The minimum absolute atomic E-state index is 0.539. The second-order valence-corrected chi connectivity index (χ2v) is 4.42. The smallest absolute Gasteiger partial charge is 0.243 e. The van der Waals surface area contributed by atoms with E-state index in [9.17, 15) is 0 Å². The van der Waals surface area contributed by atoms with Crippen molar-refractivity contribution >= 4 is 28.3 Å². The molecule has 2 heterocycles. The Morgan fingerprint density at radius 2 is 2.00 bits per heavy atom. The van der Waals surface area contributed by atoms with Crippen LogP contribution in [0.3, 0.4) is 0 Å². The summed E-state index contributed by atoms with van der Waals surface area (Å²) in [6, 6.07) is 7.66. The summed E-state index contributed by atoms with van der Waals surface area (Å²) >= 11 is 1.60. The molecule has 0 amide bonds. The average Bonchev–Trinajstić information content (AvgIpc) is 2.89. The van der Waals surface area contributed by atoms with Gasteiger partial charge in [-0.3, -0.25) is 4.98 Å². The summed E-state index contributed by atoms with van der Waals surface area (Å²) in [6.45, 7) is 0.671. The van der Waals surface area contributed by atoms with E-state index in [0.29, 0.717) is 12.5 Å². The Labute approximate surface area is 102 Å². The van der Waals surface area contributed by atoms with Crippen LogP contribution < -0.4 is 5.32 Å².